The van der Waals surface area contributed by atoms with Gasteiger partial charge >= 0.3 is 23.9 Å². The van der Waals surface area contributed by atoms with Crippen LogP contribution in [-0.2, 0) is 91.1 Å². The van der Waals surface area contributed by atoms with E-state index < -0.39 is 85.3 Å². The summed E-state index contributed by atoms with van der Waals surface area (Å²) in [7, 11) is 1.35. The Kier molecular flexibility index (Phi) is 16.5. The fourth-order valence-electron chi connectivity index (χ4n) is 6.62. The molecule has 57 heavy (non-hydrogen) atoms. The van der Waals surface area contributed by atoms with Crippen LogP contribution in [0.3, 0.4) is 0 Å². The Bertz CT molecular complexity index is 1710. The van der Waals surface area contributed by atoms with E-state index in [1.807, 2.05) is 91.0 Å². The van der Waals surface area contributed by atoms with E-state index in [1.165, 1.54) is 34.8 Å². The molecule has 5 rings (SSSR count). The molecular formula is C42H50O15. The van der Waals surface area contributed by atoms with Crippen molar-refractivity contribution in [2.45, 2.75) is 109 Å². The number of esters is 4. The lowest BCUT2D eigenvalue weighted by molar-refractivity contribution is -0.364. The summed E-state index contributed by atoms with van der Waals surface area (Å²) in [5, 5.41) is 0. The Hall–Kier alpha value is -4.74. The van der Waals surface area contributed by atoms with Gasteiger partial charge in [-0.05, 0) is 16.7 Å². The van der Waals surface area contributed by atoms with Crippen molar-refractivity contribution in [2.75, 3.05) is 20.3 Å². The van der Waals surface area contributed by atoms with E-state index in [1.54, 1.807) is 0 Å². The standard InChI is InChI=1S/C42H50O15/c1-26(43)51-35-33(24-48-21-30-15-9-6-10-16-30)56-42(39(37(35)52-27(2)44)50-23-32-19-13-8-14-20-32)57-36-34(25-49-22-31-17-11-7-12-18-31)55-41(47-5)40(54-29(4)46)38(36)53-28(3)45/h6-20,33-42H,21-25H2,1-5H3/t33-,34-,35+,36-,37+,38+,39-,40-,41+,42-/m1/s1. The van der Waals surface area contributed by atoms with Crippen LogP contribution in [0.25, 0.3) is 0 Å². The van der Waals surface area contributed by atoms with Crippen molar-refractivity contribution in [1.29, 1.82) is 0 Å². The molecule has 15 heteroatoms. The average Bonchev–Trinajstić information content (AvgIpc) is 3.18. The number of benzene rings is 3. The SMILES string of the molecule is CO[C@H]1O[C@H](COCc2ccccc2)[C@@H](O[C@H]2O[C@H](COCc3ccccc3)[C@H](OC(C)=O)[C@H](OC(C)=O)[C@H]2OCc2ccccc2)[C@H](OC(C)=O)[C@H]1OC(C)=O. The molecule has 0 saturated carbocycles. The minimum atomic E-state index is -1.43. The molecular weight excluding hydrogens is 744 g/mol. The first kappa shape index (κ1) is 43.4. The highest BCUT2D eigenvalue weighted by Crippen LogP contribution is 2.36. The zero-order chi connectivity index (χ0) is 40.7. The largest absolute Gasteiger partial charge is 0.456 e. The topological polar surface area (TPSA) is 170 Å². The van der Waals surface area contributed by atoms with Gasteiger partial charge in [0.2, 0.25) is 0 Å². The van der Waals surface area contributed by atoms with Crippen molar-refractivity contribution in [3.8, 4) is 0 Å². The quantitative estimate of drug-likeness (QED) is 0.132. The van der Waals surface area contributed by atoms with Crippen LogP contribution in [0.5, 0.6) is 0 Å². The van der Waals surface area contributed by atoms with Crippen molar-refractivity contribution in [3.05, 3.63) is 108 Å². The van der Waals surface area contributed by atoms with E-state index in [0.717, 1.165) is 16.7 Å². The highest BCUT2D eigenvalue weighted by Gasteiger charge is 2.56. The Morgan fingerprint density at radius 2 is 0.860 bits per heavy atom. The zero-order valence-corrected chi connectivity index (χ0v) is 32.6. The lowest BCUT2D eigenvalue weighted by atomic mass is 9.96. The van der Waals surface area contributed by atoms with Crippen LogP contribution in [-0.4, -0.2) is 106 Å². The highest BCUT2D eigenvalue weighted by molar-refractivity contribution is 5.68. The molecule has 0 unspecified atom stereocenters. The summed E-state index contributed by atoms with van der Waals surface area (Å²) >= 11 is 0. The molecule has 10 atom stereocenters. The van der Waals surface area contributed by atoms with E-state index >= 15 is 0 Å². The first-order chi connectivity index (χ1) is 27.5. The van der Waals surface area contributed by atoms with Crippen LogP contribution in [0.2, 0.25) is 0 Å². The first-order valence-electron chi connectivity index (χ1n) is 18.6. The molecule has 0 bridgehead atoms. The van der Waals surface area contributed by atoms with Gasteiger partial charge in [-0.1, -0.05) is 91.0 Å². The molecule has 2 aliphatic rings. The molecule has 0 radical (unpaired) electrons. The van der Waals surface area contributed by atoms with Gasteiger partial charge in [0.25, 0.3) is 0 Å². The predicted molar refractivity (Wildman–Crippen MR) is 199 cm³/mol. The third-order valence-electron chi connectivity index (χ3n) is 8.99. The van der Waals surface area contributed by atoms with Crippen LogP contribution in [0.15, 0.2) is 91.0 Å². The Morgan fingerprint density at radius 3 is 1.32 bits per heavy atom. The summed E-state index contributed by atoms with van der Waals surface area (Å²) in [6, 6.07) is 28.0. The van der Waals surface area contributed by atoms with Crippen LogP contribution in [0, 0.1) is 0 Å². The summed E-state index contributed by atoms with van der Waals surface area (Å²) in [5.41, 5.74) is 2.52. The summed E-state index contributed by atoms with van der Waals surface area (Å²) in [4.78, 5) is 50.4. The molecule has 0 aliphatic carbocycles. The molecule has 0 N–H and O–H groups in total. The predicted octanol–water partition coefficient (Wildman–Crippen LogP) is 4.21. The normalized spacial score (nSPS) is 27.2. The second-order valence-corrected chi connectivity index (χ2v) is 13.5. The Balaban J connectivity index is 1.54. The number of methoxy groups -OCH3 is 1. The van der Waals surface area contributed by atoms with Crippen LogP contribution in [0.4, 0.5) is 0 Å². The number of carbonyl (C=O) groups excluding carboxylic acids is 4. The van der Waals surface area contributed by atoms with Gasteiger partial charge in [0, 0.05) is 34.8 Å². The monoisotopic (exact) mass is 794 g/mol. The van der Waals surface area contributed by atoms with Gasteiger partial charge in [0.1, 0.15) is 24.4 Å². The van der Waals surface area contributed by atoms with Crippen LogP contribution >= 0.6 is 0 Å². The molecule has 2 fully saturated rings. The fourth-order valence-corrected chi connectivity index (χ4v) is 6.62. The van der Waals surface area contributed by atoms with Crippen molar-refractivity contribution >= 4 is 23.9 Å². The van der Waals surface area contributed by atoms with Gasteiger partial charge < -0.3 is 52.1 Å². The highest BCUT2D eigenvalue weighted by atomic mass is 16.8. The van der Waals surface area contributed by atoms with E-state index in [4.69, 9.17) is 52.1 Å². The summed E-state index contributed by atoms with van der Waals surface area (Å²) in [5.74, 6) is -2.78. The van der Waals surface area contributed by atoms with Gasteiger partial charge in [-0.15, -0.1) is 0 Å². The van der Waals surface area contributed by atoms with Gasteiger partial charge in [-0.25, -0.2) is 0 Å². The second-order valence-electron chi connectivity index (χ2n) is 13.5. The molecule has 3 aromatic rings. The first-order valence-corrected chi connectivity index (χ1v) is 18.6. The maximum absolute atomic E-state index is 12.8. The second kappa shape index (κ2) is 21.7. The number of rotatable bonds is 18. The van der Waals surface area contributed by atoms with Gasteiger partial charge in [0.05, 0.1) is 33.0 Å². The number of hydrogen-bond donors (Lipinski definition) is 0. The molecule has 2 aliphatic heterocycles. The number of ether oxygens (including phenoxy) is 11. The third kappa shape index (κ3) is 12.9. The van der Waals surface area contributed by atoms with E-state index in [-0.39, 0.29) is 33.0 Å². The van der Waals surface area contributed by atoms with Crippen molar-refractivity contribution in [3.63, 3.8) is 0 Å². The fraction of sp³-hybridized carbons (Fsp3) is 0.476. The van der Waals surface area contributed by atoms with E-state index in [0.29, 0.717) is 0 Å². The smallest absolute Gasteiger partial charge is 0.303 e. The lowest BCUT2D eigenvalue weighted by Crippen LogP contribution is -2.67. The molecule has 3 aromatic carbocycles. The zero-order valence-electron chi connectivity index (χ0n) is 32.6. The maximum atomic E-state index is 12.8. The Morgan fingerprint density at radius 1 is 0.474 bits per heavy atom. The Labute approximate surface area is 331 Å². The number of hydrogen-bond acceptors (Lipinski definition) is 15. The minimum absolute atomic E-state index is 0.00552. The molecule has 308 valence electrons. The van der Waals surface area contributed by atoms with Crippen molar-refractivity contribution < 1.29 is 71.3 Å². The van der Waals surface area contributed by atoms with Crippen molar-refractivity contribution in [1.82, 2.24) is 0 Å². The maximum Gasteiger partial charge on any atom is 0.303 e. The van der Waals surface area contributed by atoms with Crippen LogP contribution < -0.4 is 0 Å². The average molecular weight is 795 g/mol. The number of carbonyl (C=O) groups is 4. The van der Waals surface area contributed by atoms with Crippen molar-refractivity contribution in [2.24, 2.45) is 0 Å². The molecule has 2 saturated heterocycles. The lowest BCUT2D eigenvalue weighted by Gasteiger charge is -2.49. The molecule has 0 spiro atoms. The summed E-state index contributed by atoms with van der Waals surface area (Å²) in [6.07, 6.45) is -12.4. The van der Waals surface area contributed by atoms with E-state index in [2.05, 4.69) is 0 Å². The minimum Gasteiger partial charge on any atom is -0.456 e. The van der Waals surface area contributed by atoms with Crippen LogP contribution in [0.1, 0.15) is 44.4 Å². The molecule has 2 heterocycles. The molecule has 0 amide bonds. The van der Waals surface area contributed by atoms with Gasteiger partial charge in [0.15, 0.2) is 37.0 Å². The third-order valence-corrected chi connectivity index (χ3v) is 8.99. The van der Waals surface area contributed by atoms with Gasteiger partial charge in [-0.2, -0.15) is 0 Å². The van der Waals surface area contributed by atoms with Gasteiger partial charge in [-0.3, -0.25) is 19.2 Å². The summed E-state index contributed by atoms with van der Waals surface area (Å²) in [6.45, 7) is 4.94. The molecule has 0 aromatic heterocycles. The summed E-state index contributed by atoms with van der Waals surface area (Å²) < 4.78 is 66.9. The van der Waals surface area contributed by atoms with E-state index in [9.17, 15) is 19.2 Å². The molecule has 15 nitrogen and oxygen atoms in total.